The normalized spacial score (nSPS) is 16.0. The highest BCUT2D eigenvalue weighted by Crippen LogP contribution is 2.38. The molecule has 3 rings (SSSR count). The lowest BCUT2D eigenvalue weighted by atomic mass is 9.84. The number of carbonyl (C=O) groups is 1. The third-order valence-corrected chi connectivity index (χ3v) is 5.14. The van der Waals surface area contributed by atoms with Gasteiger partial charge in [-0.2, -0.15) is 0 Å². The van der Waals surface area contributed by atoms with Gasteiger partial charge in [-0.05, 0) is 25.0 Å². The molecular formula is C20H29IN4O2. The van der Waals surface area contributed by atoms with Gasteiger partial charge in [0.15, 0.2) is 5.96 Å². The molecular weight excluding hydrogens is 455 g/mol. The Morgan fingerprint density at radius 2 is 1.93 bits per heavy atom. The number of amides is 1. The second kappa shape index (κ2) is 9.43. The Bertz CT molecular complexity index is 761. The summed E-state index contributed by atoms with van der Waals surface area (Å²) in [7, 11) is 5.40. The zero-order valence-corrected chi connectivity index (χ0v) is 18.6. The van der Waals surface area contributed by atoms with E-state index in [2.05, 4.69) is 15.6 Å². The largest absolute Gasteiger partial charge is 0.459 e. The molecule has 1 saturated carbocycles. The van der Waals surface area contributed by atoms with E-state index in [1.807, 2.05) is 44.4 Å². The molecule has 0 aliphatic heterocycles. The van der Waals surface area contributed by atoms with Crippen molar-refractivity contribution in [2.45, 2.75) is 32.2 Å². The molecule has 7 heteroatoms. The number of guanidine groups is 1. The van der Waals surface area contributed by atoms with Crippen molar-refractivity contribution in [3.63, 3.8) is 0 Å². The first-order valence-corrected chi connectivity index (χ1v) is 9.18. The van der Waals surface area contributed by atoms with Gasteiger partial charge in [0.1, 0.15) is 11.3 Å². The second-order valence-corrected chi connectivity index (χ2v) is 7.22. The van der Waals surface area contributed by atoms with Crippen LogP contribution in [0, 0.1) is 5.41 Å². The number of halogens is 1. The van der Waals surface area contributed by atoms with E-state index in [1.165, 1.54) is 0 Å². The molecule has 1 aliphatic rings. The maximum Gasteiger partial charge on any atom is 0.230 e. The van der Waals surface area contributed by atoms with Crippen molar-refractivity contribution in [1.29, 1.82) is 0 Å². The van der Waals surface area contributed by atoms with Gasteiger partial charge in [-0.15, -0.1) is 24.0 Å². The van der Waals surface area contributed by atoms with Crippen molar-refractivity contribution >= 4 is 46.8 Å². The van der Waals surface area contributed by atoms with Gasteiger partial charge in [0, 0.05) is 33.1 Å². The van der Waals surface area contributed by atoms with E-state index in [0.717, 1.165) is 42.4 Å². The van der Waals surface area contributed by atoms with Crippen LogP contribution in [0.2, 0.25) is 0 Å². The average Bonchev–Trinajstić information content (AvgIpc) is 3.28. The molecule has 0 bridgehead atoms. The molecule has 6 nitrogen and oxygen atoms in total. The quantitative estimate of drug-likeness (QED) is 0.388. The van der Waals surface area contributed by atoms with Gasteiger partial charge >= 0.3 is 0 Å². The zero-order chi connectivity index (χ0) is 18.6. The lowest BCUT2D eigenvalue weighted by molar-refractivity contribution is -0.138. The van der Waals surface area contributed by atoms with Crippen molar-refractivity contribution in [3.8, 4) is 0 Å². The maximum atomic E-state index is 12.7. The summed E-state index contributed by atoms with van der Waals surface area (Å²) in [6.45, 7) is 1.15. The first-order chi connectivity index (χ1) is 12.5. The van der Waals surface area contributed by atoms with Crippen LogP contribution in [-0.4, -0.2) is 44.5 Å². The topological polar surface area (TPSA) is 69.9 Å². The Balaban J connectivity index is 0.00000261. The monoisotopic (exact) mass is 484 g/mol. The Labute approximate surface area is 177 Å². The number of rotatable bonds is 5. The fraction of sp³-hybridized carbons (Fsp3) is 0.500. The molecule has 2 N–H and O–H groups in total. The first-order valence-electron chi connectivity index (χ1n) is 9.18. The third-order valence-electron chi connectivity index (χ3n) is 5.14. The number of hydrogen-bond donors (Lipinski definition) is 2. The zero-order valence-electron chi connectivity index (χ0n) is 16.2. The van der Waals surface area contributed by atoms with Gasteiger partial charge < -0.3 is 20.0 Å². The van der Waals surface area contributed by atoms with Crippen molar-refractivity contribution in [2.24, 2.45) is 10.4 Å². The number of para-hydroxylation sites is 1. The summed E-state index contributed by atoms with van der Waals surface area (Å²) in [4.78, 5) is 18.6. The number of aliphatic imine (C=N–C) groups is 1. The van der Waals surface area contributed by atoms with Gasteiger partial charge in [-0.1, -0.05) is 31.0 Å². The first kappa shape index (κ1) is 21.5. The number of benzene rings is 1. The smallest absolute Gasteiger partial charge is 0.230 e. The van der Waals surface area contributed by atoms with E-state index in [0.29, 0.717) is 19.0 Å². The van der Waals surface area contributed by atoms with Crippen LogP contribution >= 0.6 is 24.0 Å². The Morgan fingerprint density at radius 1 is 1.22 bits per heavy atom. The highest BCUT2D eigenvalue weighted by atomic mass is 127. The Morgan fingerprint density at radius 3 is 2.56 bits per heavy atom. The molecule has 0 radical (unpaired) electrons. The SMILES string of the molecule is CN=C(NCc1cc2ccccc2o1)NCC1(C(=O)N(C)C)CCCC1.I. The number of hydrogen-bond acceptors (Lipinski definition) is 3. The highest BCUT2D eigenvalue weighted by molar-refractivity contribution is 14.0. The second-order valence-electron chi connectivity index (χ2n) is 7.22. The molecule has 1 fully saturated rings. The Kier molecular flexibility index (Phi) is 7.52. The van der Waals surface area contributed by atoms with E-state index >= 15 is 0 Å². The summed E-state index contributed by atoms with van der Waals surface area (Å²) >= 11 is 0. The van der Waals surface area contributed by atoms with E-state index in [4.69, 9.17) is 4.42 Å². The van der Waals surface area contributed by atoms with Gasteiger partial charge in [0.25, 0.3) is 0 Å². The van der Waals surface area contributed by atoms with Crippen LogP contribution in [-0.2, 0) is 11.3 Å². The number of furan rings is 1. The number of carbonyl (C=O) groups excluding carboxylic acids is 1. The molecule has 1 aliphatic carbocycles. The fourth-order valence-electron chi connectivity index (χ4n) is 3.76. The number of nitrogens with zero attached hydrogens (tertiary/aromatic N) is 2. The molecule has 0 saturated heterocycles. The van der Waals surface area contributed by atoms with Crippen molar-refractivity contribution < 1.29 is 9.21 Å². The van der Waals surface area contributed by atoms with E-state index in [-0.39, 0.29) is 35.3 Å². The average molecular weight is 484 g/mol. The lowest BCUT2D eigenvalue weighted by Crippen LogP contribution is -2.49. The molecule has 148 valence electrons. The molecule has 0 unspecified atom stereocenters. The highest BCUT2D eigenvalue weighted by Gasteiger charge is 2.42. The molecule has 0 atom stereocenters. The van der Waals surface area contributed by atoms with Crippen molar-refractivity contribution in [3.05, 3.63) is 36.1 Å². The van der Waals surface area contributed by atoms with E-state index < -0.39 is 0 Å². The number of fused-ring (bicyclic) bond motifs is 1. The third kappa shape index (κ3) is 4.94. The van der Waals surface area contributed by atoms with Crippen LogP contribution in [0.25, 0.3) is 11.0 Å². The number of nitrogens with one attached hydrogen (secondary N) is 2. The minimum absolute atomic E-state index is 0. The minimum atomic E-state index is -0.319. The van der Waals surface area contributed by atoms with Crippen LogP contribution in [0.15, 0.2) is 39.7 Å². The van der Waals surface area contributed by atoms with Crippen LogP contribution in [0.5, 0.6) is 0 Å². The maximum absolute atomic E-state index is 12.7. The summed E-state index contributed by atoms with van der Waals surface area (Å²) in [6, 6.07) is 9.99. The molecule has 27 heavy (non-hydrogen) atoms. The molecule has 1 aromatic carbocycles. The van der Waals surface area contributed by atoms with Gasteiger partial charge in [-0.25, -0.2) is 0 Å². The predicted octanol–water partition coefficient (Wildman–Crippen LogP) is 3.36. The minimum Gasteiger partial charge on any atom is -0.459 e. The van der Waals surface area contributed by atoms with Crippen LogP contribution in [0.1, 0.15) is 31.4 Å². The molecule has 1 aromatic heterocycles. The summed E-state index contributed by atoms with van der Waals surface area (Å²) < 4.78 is 5.82. The molecule has 1 amide bonds. The standard InChI is InChI=1S/C20H28N4O2.HI/c1-21-19(22-13-16-12-15-8-4-5-9-17(15)26-16)23-14-20(10-6-7-11-20)18(25)24(2)3;/h4-5,8-9,12H,6-7,10-11,13-14H2,1-3H3,(H2,21,22,23);1H. The molecule has 2 aromatic rings. The van der Waals surface area contributed by atoms with Crippen LogP contribution < -0.4 is 10.6 Å². The van der Waals surface area contributed by atoms with Crippen LogP contribution in [0.3, 0.4) is 0 Å². The van der Waals surface area contributed by atoms with Crippen molar-refractivity contribution in [1.82, 2.24) is 15.5 Å². The van der Waals surface area contributed by atoms with Crippen LogP contribution in [0.4, 0.5) is 0 Å². The van der Waals surface area contributed by atoms with Gasteiger partial charge in [0.05, 0.1) is 12.0 Å². The summed E-state index contributed by atoms with van der Waals surface area (Å²) in [5, 5.41) is 7.71. The molecule has 0 spiro atoms. The lowest BCUT2D eigenvalue weighted by Gasteiger charge is -2.31. The van der Waals surface area contributed by atoms with Gasteiger partial charge in [0.2, 0.25) is 5.91 Å². The summed E-state index contributed by atoms with van der Waals surface area (Å²) in [5.41, 5.74) is 0.564. The summed E-state index contributed by atoms with van der Waals surface area (Å²) in [6.07, 6.45) is 4.06. The Hall–Kier alpha value is -1.77. The summed E-state index contributed by atoms with van der Waals surface area (Å²) in [5.74, 6) is 1.74. The van der Waals surface area contributed by atoms with E-state index in [1.54, 1.807) is 11.9 Å². The predicted molar refractivity (Wildman–Crippen MR) is 119 cm³/mol. The fourth-order valence-corrected chi connectivity index (χ4v) is 3.76. The van der Waals surface area contributed by atoms with Gasteiger partial charge in [-0.3, -0.25) is 9.79 Å². The van der Waals surface area contributed by atoms with Crippen molar-refractivity contribution in [2.75, 3.05) is 27.7 Å². The van der Waals surface area contributed by atoms with E-state index in [9.17, 15) is 4.79 Å². The molecule has 1 heterocycles.